The molecule has 0 aliphatic rings. The molecule has 1 aromatic heterocycles. The first-order valence-electron chi connectivity index (χ1n) is 10.8. The molecule has 0 saturated carbocycles. The quantitative estimate of drug-likeness (QED) is 0.398. The van der Waals surface area contributed by atoms with E-state index < -0.39 is 8.32 Å². The van der Waals surface area contributed by atoms with Crippen molar-refractivity contribution in [1.29, 1.82) is 0 Å². The third kappa shape index (κ3) is 5.78. The Morgan fingerprint density at radius 3 is 2.39 bits per heavy atom. The molecule has 6 nitrogen and oxygen atoms in total. The second-order valence-electron chi connectivity index (χ2n) is 9.61. The molecule has 0 spiro atoms. The monoisotopic (exact) mass is 485 g/mol. The van der Waals surface area contributed by atoms with Crippen LogP contribution in [0, 0.1) is 0 Å². The molecule has 1 N–H and O–H groups in total. The van der Waals surface area contributed by atoms with E-state index in [1.807, 2.05) is 30.3 Å². The Bertz CT molecular complexity index is 1130. The number of nitrogens with one attached hydrogen (secondary N) is 1. The van der Waals surface area contributed by atoms with Crippen LogP contribution in [0.5, 0.6) is 11.5 Å². The number of anilines is 1. The van der Waals surface area contributed by atoms with Crippen molar-refractivity contribution in [1.82, 2.24) is 9.78 Å². The van der Waals surface area contributed by atoms with E-state index >= 15 is 0 Å². The third-order valence-corrected chi connectivity index (χ3v) is 10.7. The number of nitrogens with zero attached hydrogens (tertiary/aromatic N) is 2. The summed E-state index contributed by atoms with van der Waals surface area (Å²) in [5, 5.41) is 8.06. The lowest BCUT2D eigenvalue weighted by Crippen LogP contribution is -2.43. The number of hydrogen-bond donors (Lipinski definition) is 1. The maximum Gasteiger partial charge on any atom is 0.250 e. The topological polar surface area (TPSA) is 65.4 Å². The Morgan fingerprint density at radius 1 is 1.12 bits per heavy atom. The van der Waals surface area contributed by atoms with Gasteiger partial charge in [0.1, 0.15) is 11.6 Å². The normalized spacial score (nSPS) is 11.9. The van der Waals surface area contributed by atoms with Gasteiger partial charge < -0.3 is 14.5 Å². The number of aromatic nitrogens is 2. The smallest absolute Gasteiger partial charge is 0.250 e. The maximum atomic E-state index is 12.7. The van der Waals surface area contributed by atoms with Crippen LogP contribution in [0.1, 0.15) is 26.3 Å². The van der Waals surface area contributed by atoms with Crippen LogP contribution in [0.3, 0.4) is 0 Å². The van der Waals surface area contributed by atoms with Gasteiger partial charge in [-0.25, -0.2) is 0 Å². The summed E-state index contributed by atoms with van der Waals surface area (Å²) in [4.78, 5) is 12.7. The molecule has 0 fully saturated rings. The Labute approximate surface area is 202 Å². The van der Waals surface area contributed by atoms with Gasteiger partial charge in [-0.1, -0.05) is 50.6 Å². The highest BCUT2D eigenvalue weighted by Crippen LogP contribution is 2.41. The first kappa shape index (κ1) is 24.9. The van der Waals surface area contributed by atoms with Crippen LogP contribution in [0.25, 0.3) is 11.1 Å². The predicted octanol–water partition coefficient (Wildman–Crippen LogP) is 6.31. The molecule has 3 rings (SSSR count). The second kappa shape index (κ2) is 9.61. The fraction of sp³-hybridized carbons (Fsp3) is 0.360. The molecule has 0 aliphatic carbocycles. The number of halogens is 1. The van der Waals surface area contributed by atoms with Gasteiger partial charge in [-0.3, -0.25) is 9.48 Å². The molecule has 0 bridgehead atoms. The number of aryl methyl sites for hydroxylation is 1. The van der Waals surface area contributed by atoms with Crippen LogP contribution in [0.15, 0.2) is 48.7 Å². The number of benzene rings is 2. The largest absolute Gasteiger partial charge is 0.541 e. The van der Waals surface area contributed by atoms with Gasteiger partial charge in [0, 0.05) is 17.6 Å². The first-order valence-corrected chi connectivity index (χ1v) is 14.1. The lowest BCUT2D eigenvalue weighted by molar-refractivity contribution is -0.115. The van der Waals surface area contributed by atoms with Gasteiger partial charge in [0.2, 0.25) is 5.91 Å². The van der Waals surface area contributed by atoms with Crippen LogP contribution >= 0.6 is 11.6 Å². The van der Waals surface area contributed by atoms with Crippen LogP contribution in [0.4, 0.5) is 5.82 Å². The molecule has 33 heavy (non-hydrogen) atoms. The van der Waals surface area contributed by atoms with Gasteiger partial charge in [-0.15, -0.1) is 0 Å². The molecule has 0 saturated heterocycles. The Kier molecular flexibility index (Phi) is 7.24. The number of hydrogen-bond acceptors (Lipinski definition) is 4. The van der Waals surface area contributed by atoms with E-state index in [1.165, 1.54) is 0 Å². The van der Waals surface area contributed by atoms with Crippen molar-refractivity contribution in [3.63, 3.8) is 0 Å². The van der Waals surface area contributed by atoms with Gasteiger partial charge in [0.05, 0.1) is 19.7 Å². The first-order chi connectivity index (χ1) is 15.4. The van der Waals surface area contributed by atoms with Crippen LogP contribution < -0.4 is 14.5 Å². The molecule has 3 aromatic rings. The fourth-order valence-electron chi connectivity index (χ4n) is 3.11. The summed E-state index contributed by atoms with van der Waals surface area (Å²) in [6.45, 7) is 11.0. The lowest BCUT2D eigenvalue weighted by atomic mass is 10.1. The van der Waals surface area contributed by atoms with Crippen molar-refractivity contribution < 1.29 is 14.0 Å². The molecule has 0 atom stereocenters. The molecule has 0 unspecified atom stereocenters. The highest BCUT2D eigenvalue weighted by Gasteiger charge is 2.39. The van der Waals surface area contributed by atoms with E-state index in [1.54, 1.807) is 37.2 Å². The summed E-state index contributed by atoms with van der Waals surface area (Å²) >= 11 is 5.94. The van der Waals surface area contributed by atoms with Gasteiger partial charge in [0.15, 0.2) is 5.75 Å². The maximum absolute atomic E-state index is 12.7. The standard InChI is InChI=1S/C25H32ClN3O3Si/c1-25(2,3)33(6,7)32-21-13-10-18(15-22(21)31-5)20-16-27-29(4)24(20)28-23(30)14-17-8-11-19(26)12-9-17/h8-13,15-16H,14H2,1-7H3,(H,28,30). The molecule has 1 heterocycles. The number of carbonyl (C=O) groups is 1. The summed E-state index contributed by atoms with van der Waals surface area (Å²) in [7, 11) is 1.41. The van der Waals surface area contributed by atoms with Crippen molar-refractivity contribution in [2.24, 2.45) is 7.05 Å². The predicted molar refractivity (Wildman–Crippen MR) is 137 cm³/mol. The van der Waals surface area contributed by atoms with Crippen molar-refractivity contribution in [2.45, 2.75) is 45.3 Å². The average Bonchev–Trinajstić information content (AvgIpc) is 3.09. The Morgan fingerprint density at radius 2 is 1.79 bits per heavy atom. The van der Waals surface area contributed by atoms with Crippen LogP contribution in [0.2, 0.25) is 23.2 Å². The summed E-state index contributed by atoms with van der Waals surface area (Å²) in [5.74, 6) is 1.87. The molecular formula is C25H32ClN3O3Si. The molecular weight excluding hydrogens is 454 g/mol. The Hall–Kier alpha value is -2.77. The number of amides is 1. The Balaban J connectivity index is 1.85. The highest BCUT2D eigenvalue weighted by atomic mass is 35.5. The van der Waals surface area contributed by atoms with E-state index in [2.05, 4.69) is 44.3 Å². The van der Waals surface area contributed by atoms with Gasteiger partial charge in [0.25, 0.3) is 8.32 Å². The van der Waals surface area contributed by atoms with Crippen LogP contribution in [-0.4, -0.2) is 31.1 Å². The van der Waals surface area contributed by atoms with E-state index in [0.717, 1.165) is 22.4 Å². The minimum absolute atomic E-state index is 0.0710. The van der Waals surface area contributed by atoms with Crippen molar-refractivity contribution in [2.75, 3.05) is 12.4 Å². The van der Waals surface area contributed by atoms with Gasteiger partial charge >= 0.3 is 0 Å². The second-order valence-corrected chi connectivity index (χ2v) is 14.8. The molecule has 1 amide bonds. The summed E-state index contributed by atoms with van der Waals surface area (Å²) in [5.41, 5.74) is 2.57. The lowest BCUT2D eigenvalue weighted by Gasteiger charge is -2.36. The molecule has 0 radical (unpaired) electrons. The van der Waals surface area contributed by atoms with E-state index in [9.17, 15) is 4.79 Å². The number of carbonyl (C=O) groups excluding carboxylic acids is 1. The van der Waals surface area contributed by atoms with E-state index in [-0.39, 0.29) is 17.4 Å². The summed E-state index contributed by atoms with van der Waals surface area (Å²) < 4.78 is 13.8. The molecule has 0 aliphatic heterocycles. The van der Waals surface area contributed by atoms with Gasteiger partial charge in [-0.2, -0.15) is 5.10 Å². The summed E-state index contributed by atoms with van der Waals surface area (Å²) in [6, 6.07) is 13.1. The van der Waals surface area contributed by atoms with Gasteiger partial charge in [-0.05, 0) is 53.5 Å². The van der Waals surface area contributed by atoms with Crippen molar-refractivity contribution >= 4 is 31.6 Å². The van der Waals surface area contributed by atoms with E-state index in [4.69, 9.17) is 20.8 Å². The number of rotatable bonds is 7. The molecule has 176 valence electrons. The minimum Gasteiger partial charge on any atom is -0.541 e. The SMILES string of the molecule is COc1cc(-c2cnn(C)c2NC(=O)Cc2ccc(Cl)cc2)ccc1O[Si](C)(C)C(C)(C)C. The zero-order valence-corrected chi connectivity index (χ0v) is 22.1. The average molecular weight is 486 g/mol. The highest BCUT2D eigenvalue weighted by molar-refractivity contribution is 6.74. The third-order valence-electron chi connectivity index (χ3n) is 6.12. The molecule has 8 heteroatoms. The fourth-order valence-corrected chi connectivity index (χ4v) is 4.26. The number of ether oxygens (including phenoxy) is 1. The zero-order valence-electron chi connectivity index (χ0n) is 20.3. The van der Waals surface area contributed by atoms with E-state index in [0.29, 0.717) is 16.6 Å². The number of methoxy groups -OCH3 is 1. The van der Waals surface area contributed by atoms with Crippen molar-refractivity contribution in [3.05, 3.63) is 59.2 Å². The van der Waals surface area contributed by atoms with Crippen molar-refractivity contribution in [3.8, 4) is 22.6 Å². The molecule has 2 aromatic carbocycles. The minimum atomic E-state index is -2.02. The van der Waals surface area contributed by atoms with Crippen LogP contribution in [-0.2, 0) is 18.3 Å². The summed E-state index contributed by atoms with van der Waals surface area (Å²) in [6.07, 6.45) is 1.98. The zero-order chi connectivity index (χ0) is 24.4.